The fraction of sp³-hybridized carbons (Fsp3) is 0.800. The van der Waals surface area contributed by atoms with Crippen LogP contribution in [-0.2, 0) is 18.9 Å². The van der Waals surface area contributed by atoms with Gasteiger partial charge >= 0.3 is 0 Å². The summed E-state index contributed by atoms with van der Waals surface area (Å²) in [5.41, 5.74) is 2.00. The average molecular weight is 362 g/mol. The van der Waals surface area contributed by atoms with Gasteiger partial charge in [-0.15, -0.1) is 0 Å². The van der Waals surface area contributed by atoms with E-state index in [9.17, 15) is 18.9 Å². The number of hydrazine groups is 1. The minimum atomic E-state index is -2.82. The molecule has 0 aliphatic heterocycles. The third-order valence-corrected chi connectivity index (χ3v) is 6.42. The molecule has 0 rings (SSSR count). The van der Waals surface area contributed by atoms with Gasteiger partial charge in [0.15, 0.2) is 0 Å². The van der Waals surface area contributed by atoms with E-state index in [-0.39, 0.29) is 61.6 Å². The minimum absolute atomic E-state index is 0.0109. The van der Waals surface area contributed by atoms with Crippen molar-refractivity contribution >= 4 is 24.9 Å². The van der Waals surface area contributed by atoms with Crippen LogP contribution in [0, 0.1) is 0 Å². The topological polar surface area (TPSA) is 130 Å². The van der Waals surface area contributed by atoms with E-state index in [0.29, 0.717) is 0 Å². The molecule has 9 heteroatoms. The van der Waals surface area contributed by atoms with Crippen LogP contribution in [0.25, 0.3) is 0 Å². The summed E-state index contributed by atoms with van der Waals surface area (Å²) in [6, 6.07) is 0.0217. The van der Waals surface area contributed by atoms with E-state index in [2.05, 4.69) is 10.6 Å². The second-order valence-electron chi connectivity index (χ2n) is 6.49. The number of amides is 3. The number of nitrogens with two attached hydrogens (primary N) is 1. The van der Waals surface area contributed by atoms with Gasteiger partial charge in [0.2, 0.25) is 17.7 Å². The second-order valence-corrected chi connectivity index (χ2v) is 9.95. The number of carbonyl (C=O) groups excluding carboxylic acids is 3. The molecule has 3 amide bonds. The Hall–Kier alpha value is -1.40. The van der Waals surface area contributed by atoms with Gasteiger partial charge in [0.1, 0.15) is 0 Å². The molecule has 0 saturated heterocycles. The predicted molar refractivity (Wildman–Crippen MR) is 94.9 cm³/mol. The molecule has 0 fully saturated rings. The lowest BCUT2D eigenvalue weighted by atomic mass is 10.3. The Bertz CT molecular complexity index is 450. The van der Waals surface area contributed by atoms with Gasteiger partial charge in [-0.3, -0.25) is 19.8 Å². The summed E-state index contributed by atoms with van der Waals surface area (Å²) in [7, 11) is -2.82. The zero-order valence-corrected chi connectivity index (χ0v) is 15.9. The Morgan fingerprint density at radius 3 is 1.42 bits per heavy atom. The Morgan fingerprint density at radius 1 is 0.792 bits per heavy atom. The molecule has 0 aromatic carbocycles. The van der Waals surface area contributed by atoms with Gasteiger partial charge in [-0.25, -0.2) is 5.84 Å². The fourth-order valence-corrected chi connectivity index (χ4v) is 4.61. The summed E-state index contributed by atoms with van der Waals surface area (Å²) in [6.07, 6.45) is 0.749. The fourth-order valence-electron chi connectivity index (χ4n) is 2.11. The van der Waals surface area contributed by atoms with Gasteiger partial charge in [0, 0.05) is 49.8 Å². The number of rotatable bonds is 11. The van der Waals surface area contributed by atoms with E-state index in [1.807, 2.05) is 33.1 Å². The highest BCUT2D eigenvalue weighted by Gasteiger charge is 2.25. The summed E-state index contributed by atoms with van der Waals surface area (Å²) in [5.74, 6) is 4.27. The third-order valence-electron chi connectivity index (χ3n) is 3.30. The lowest BCUT2D eigenvalue weighted by Crippen LogP contribution is -2.32. The average Bonchev–Trinajstić information content (AvgIpc) is 2.47. The molecule has 0 bridgehead atoms. The van der Waals surface area contributed by atoms with E-state index in [1.165, 1.54) is 0 Å². The highest BCUT2D eigenvalue weighted by atomic mass is 31.2. The summed E-state index contributed by atoms with van der Waals surface area (Å²) in [4.78, 5) is 34.8. The highest BCUT2D eigenvalue weighted by Crippen LogP contribution is 2.47. The van der Waals surface area contributed by atoms with Crippen molar-refractivity contribution in [1.29, 1.82) is 0 Å². The van der Waals surface area contributed by atoms with E-state index in [4.69, 9.17) is 5.84 Å². The van der Waals surface area contributed by atoms with Crippen LogP contribution in [0.2, 0.25) is 0 Å². The van der Waals surface area contributed by atoms with Crippen LogP contribution in [0.5, 0.6) is 0 Å². The number of hydrogen-bond donors (Lipinski definition) is 4. The summed E-state index contributed by atoms with van der Waals surface area (Å²) in [6.45, 7) is 7.39. The first kappa shape index (κ1) is 22.6. The van der Waals surface area contributed by atoms with Crippen molar-refractivity contribution in [3.63, 3.8) is 0 Å². The maximum atomic E-state index is 13.0. The molecular formula is C15H31N4O4P. The minimum Gasteiger partial charge on any atom is -0.354 e. The zero-order valence-electron chi connectivity index (χ0n) is 15.1. The van der Waals surface area contributed by atoms with Crippen molar-refractivity contribution in [3.8, 4) is 0 Å². The maximum absolute atomic E-state index is 13.0. The van der Waals surface area contributed by atoms with Gasteiger partial charge in [0.05, 0.1) is 7.14 Å². The molecule has 0 aliphatic rings. The Kier molecular flexibility index (Phi) is 10.6. The highest BCUT2D eigenvalue weighted by molar-refractivity contribution is 7.64. The van der Waals surface area contributed by atoms with Gasteiger partial charge in [-0.2, -0.15) is 0 Å². The van der Waals surface area contributed by atoms with Gasteiger partial charge in [-0.1, -0.05) is 0 Å². The van der Waals surface area contributed by atoms with Crippen molar-refractivity contribution in [3.05, 3.63) is 0 Å². The second kappa shape index (κ2) is 11.2. The first-order valence-corrected chi connectivity index (χ1v) is 10.5. The molecule has 24 heavy (non-hydrogen) atoms. The maximum Gasteiger partial charge on any atom is 0.234 e. The van der Waals surface area contributed by atoms with Crippen molar-refractivity contribution < 1.29 is 18.9 Å². The smallest absolute Gasteiger partial charge is 0.234 e. The molecule has 140 valence electrons. The Morgan fingerprint density at radius 2 is 1.12 bits per heavy atom. The van der Waals surface area contributed by atoms with Crippen LogP contribution in [0.4, 0.5) is 0 Å². The first-order chi connectivity index (χ1) is 11.1. The van der Waals surface area contributed by atoms with Gasteiger partial charge in [0.25, 0.3) is 0 Å². The van der Waals surface area contributed by atoms with Gasteiger partial charge in [-0.05, 0) is 27.7 Å². The zero-order chi connectivity index (χ0) is 18.8. The molecule has 5 N–H and O–H groups in total. The molecule has 0 spiro atoms. The van der Waals surface area contributed by atoms with Crippen LogP contribution in [0.1, 0.15) is 47.0 Å². The number of nitrogens with one attached hydrogen (secondary N) is 3. The van der Waals surface area contributed by atoms with Gasteiger partial charge < -0.3 is 15.2 Å². The predicted octanol–water partition coefficient (Wildman–Crippen LogP) is 0.559. The largest absolute Gasteiger partial charge is 0.354 e. The standard InChI is InChI=1S/C15H31N4O4P/c1-11(2)17-13(20)5-8-24(23,10-7-15(22)19-16)9-6-14(21)18-12(3)4/h11-12H,5-10,16H2,1-4H3,(H,17,20)(H,18,21)(H,19,22). The SMILES string of the molecule is CC(C)NC(=O)CCP(=O)(CCC(=O)NN)CCC(=O)NC(C)C. The molecular weight excluding hydrogens is 331 g/mol. The summed E-state index contributed by atoms with van der Waals surface area (Å²) < 4.78 is 13.0. The summed E-state index contributed by atoms with van der Waals surface area (Å²) >= 11 is 0. The Balaban J connectivity index is 4.69. The van der Waals surface area contributed by atoms with Crippen LogP contribution in [0.3, 0.4) is 0 Å². The van der Waals surface area contributed by atoms with Crippen molar-refractivity contribution in [2.45, 2.75) is 59.0 Å². The molecule has 0 aromatic rings. The number of carbonyl (C=O) groups is 3. The molecule has 0 aliphatic carbocycles. The van der Waals surface area contributed by atoms with E-state index >= 15 is 0 Å². The van der Waals surface area contributed by atoms with Crippen molar-refractivity contribution in [1.82, 2.24) is 16.1 Å². The first-order valence-electron chi connectivity index (χ1n) is 8.23. The number of hydrogen-bond acceptors (Lipinski definition) is 5. The van der Waals surface area contributed by atoms with Crippen LogP contribution in [0.15, 0.2) is 0 Å². The lowest BCUT2D eigenvalue weighted by Gasteiger charge is -2.19. The summed E-state index contributed by atoms with van der Waals surface area (Å²) in [5, 5.41) is 5.49. The molecule has 0 aromatic heterocycles. The molecule has 0 unspecified atom stereocenters. The monoisotopic (exact) mass is 362 g/mol. The normalized spacial score (nSPS) is 11.5. The van der Waals surface area contributed by atoms with Crippen LogP contribution >= 0.6 is 7.14 Å². The van der Waals surface area contributed by atoms with Crippen molar-refractivity contribution in [2.24, 2.45) is 5.84 Å². The molecule has 8 nitrogen and oxygen atoms in total. The van der Waals surface area contributed by atoms with Crippen LogP contribution < -0.4 is 21.9 Å². The molecule has 0 heterocycles. The quantitative estimate of drug-likeness (QED) is 0.185. The molecule has 0 radical (unpaired) electrons. The Labute approximate surface area is 144 Å². The van der Waals surface area contributed by atoms with Crippen molar-refractivity contribution in [2.75, 3.05) is 18.5 Å². The van der Waals surface area contributed by atoms with E-state index < -0.39 is 13.0 Å². The van der Waals surface area contributed by atoms with Crippen LogP contribution in [-0.4, -0.2) is 48.3 Å². The molecule has 0 saturated carbocycles. The molecule has 0 atom stereocenters. The van der Waals surface area contributed by atoms with E-state index in [0.717, 1.165) is 0 Å². The van der Waals surface area contributed by atoms with E-state index in [1.54, 1.807) is 0 Å². The third kappa shape index (κ3) is 11.2. The lowest BCUT2D eigenvalue weighted by molar-refractivity contribution is -0.121.